The second-order valence-electron chi connectivity index (χ2n) is 6.86. The summed E-state index contributed by atoms with van der Waals surface area (Å²) in [7, 11) is 0. The summed E-state index contributed by atoms with van der Waals surface area (Å²) in [6, 6.07) is 7.11. The van der Waals surface area contributed by atoms with Gasteiger partial charge in [0.25, 0.3) is 5.91 Å². The first-order valence-corrected chi connectivity index (χ1v) is 9.24. The van der Waals surface area contributed by atoms with Gasteiger partial charge < -0.3 is 25.6 Å². The fourth-order valence-electron chi connectivity index (χ4n) is 3.32. The molecule has 6 nitrogen and oxygen atoms in total. The van der Waals surface area contributed by atoms with E-state index in [0.717, 1.165) is 6.42 Å². The smallest absolute Gasteiger partial charge is 0.290 e. The normalized spacial score (nSPS) is 22.7. The highest BCUT2D eigenvalue weighted by atomic mass is 16.7. The molecular formula is C20H30N2O4. The molecule has 1 aromatic carbocycles. The van der Waals surface area contributed by atoms with E-state index in [0.29, 0.717) is 30.3 Å². The fourth-order valence-corrected chi connectivity index (χ4v) is 3.32. The quantitative estimate of drug-likeness (QED) is 0.618. The summed E-state index contributed by atoms with van der Waals surface area (Å²) in [5, 5.41) is 12.0. The number of allylic oxidation sites excluding steroid dienone is 1. The zero-order valence-corrected chi connectivity index (χ0v) is 15.8. The van der Waals surface area contributed by atoms with E-state index in [1.54, 1.807) is 12.1 Å². The first kappa shape index (κ1) is 20.3. The van der Waals surface area contributed by atoms with Crippen molar-refractivity contribution in [3.63, 3.8) is 0 Å². The van der Waals surface area contributed by atoms with Gasteiger partial charge in [0.2, 0.25) is 6.29 Å². The number of aliphatic hydroxyl groups is 1. The van der Waals surface area contributed by atoms with Crippen molar-refractivity contribution in [3.05, 3.63) is 36.1 Å². The number of ether oxygens (including phenoxy) is 2. The standard InChI is InChI=1S/C20H30N2O4/c1-4-25-20-14(8-7-11-23)15(13(2)3)12-18(26-20)19(24)22-17-10-6-5-9-16(17)21/h5-6,9-10,12-15,20,23H,4,7-8,11,21H2,1-3H3,(H,22,24). The largest absolute Gasteiger partial charge is 0.459 e. The molecule has 144 valence electrons. The second kappa shape index (κ2) is 9.59. The second-order valence-corrected chi connectivity index (χ2v) is 6.86. The Kier molecular flexibility index (Phi) is 7.48. The summed E-state index contributed by atoms with van der Waals surface area (Å²) in [6.45, 7) is 6.76. The van der Waals surface area contributed by atoms with E-state index in [1.807, 2.05) is 25.1 Å². The predicted molar refractivity (Wildman–Crippen MR) is 102 cm³/mol. The van der Waals surface area contributed by atoms with Crippen LogP contribution in [0, 0.1) is 17.8 Å². The zero-order valence-electron chi connectivity index (χ0n) is 15.8. The van der Waals surface area contributed by atoms with Crippen molar-refractivity contribution < 1.29 is 19.4 Å². The molecule has 0 spiro atoms. The van der Waals surface area contributed by atoms with E-state index in [2.05, 4.69) is 19.2 Å². The predicted octanol–water partition coefficient (Wildman–Crippen LogP) is 3.14. The number of nitrogens with two attached hydrogens (primary N) is 1. The van der Waals surface area contributed by atoms with E-state index in [4.69, 9.17) is 15.2 Å². The number of carbonyl (C=O) groups excluding carboxylic acids is 1. The Morgan fingerprint density at radius 2 is 2.12 bits per heavy atom. The molecule has 1 amide bonds. The molecule has 1 aliphatic heterocycles. The van der Waals surface area contributed by atoms with Crippen LogP contribution in [0.3, 0.4) is 0 Å². The molecule has 0 saturated heterocycles. The molecule has 26 heavy (non-hydrogen) atoms. The van der Waals surface area contributed by atoms with E-state index in [1.165, 1.54) is 0 Å². The average Bonchev–Trinajstić information content (AvgIpc) is 2.62. The van der Waals surface area contributed by atoms with Gasteiger partial charge in [-0.05, 0) is 49.8 Å². The van der Waals surface area contributed by atoms with E-state index in [-0.39, 0.29) is 30.1 Å². The lowest BCUT2D eigenvalue weighted by atomic mass is 9.78. The zero-order chi connectivity index (χ0) is 19.1. The molecule has 0 bridgehead atoms. The molecule has 2 rings (SSSR count). The van der Waals surface area contributed by atoms with Crippen LogP contribution in [0.4, 0.5) is 11.4 Å². The van der Waals surface area contributed by atoms with Gasteiger partial charge in [0, 0.05) is 19.1 Å². The monoisotopic (exact) mass is 362 g/mol. The van der Waals surface area contributed by atoms with Gasteiger partial charge in [-0.2, -0.15) is 0 Å². The minimum absolute atomic E-state index is 0.0976. The topological polar surface area (TPSA) is 93.8 Å². The summed E-state index contributed by atoms with van der Waals surface area (Å²) in [5.74, 6) is 0.459. The minimum atomic E-state index is -0.502. The van der Waals surface area contributed by atoms with Crippen molar-refractivity contribution in [3.8, 4) is 0 Å². The number of hydrogen-bond acceptors (Lipinski definition) is 5. The number of hydrogen-bond donors (Lipinski definition) is 3. The van der Waals surface area contributed by atoms with Crippen LogP contribution >= 0.6 is 0 Å². The Bertz CT molecular complexity index is 630. The number of rotatable bonds is 8. The molecular weight excluding hydrogens is 332 g/mol. The van der Waals surface area contributed by atoms with Crippen molar-refractivity contribution in [2.24, 2.45) is 17.8 Å². The summed E-state index contributed by atoms with van der Waals surface area (Å²) in [4.78, 5) is 12.7. The number of amides is 1. The maximum atomic E-state index is 12.7. The molecule has 0 fully saturated rings. The first-order valence-electron chi connectivity index (χ1n) is 9.24. The van der Waals surface area contributed by atoms with Crippen LogP contribution in [0.2, 0.25) is 0 Å². The lowest BCUT2D eigenvalue weighted by Gasteiger charge is -2.38. The third-order valence-corrected chi connectivity index (χ3v) is 4.66. The summed E-state index contributed by atoms with van der Waals surface area (Å²) in [6.07, 6.45) is 2.84. The molecule has 6 heteroatoms. The van der Waals surface area contributed by atoms with Gasteiger partial charge in [-0.3, -0.25) is 4.79 Å². The molecule has 0 aliphatic carbocycles. The maximum Gasteiger partial charge on any atom is 0.290 e. The fraction of sp³-hybridized carbons (Fsp3) is 0.550. The van der Waals surface area contributed by atoms with Crippen molar-refractivity contribution >= 4 is 17.3 Å². The summed E-state index contributed by atoms with van der Waals surface area (Å²) >= 11 is 0. The van der Waals surface area contributed by atoms with Crippen molar-refractivity contribution in [2.45, 2.75) is 39.9 Å². The summed E-state index contributed by atoms with van der Waals surface area (Å²) < 4.78 is 11.7. The number of nitrogen functional groups attached to an aromatic ring is 1. The number of para-hydroxylation sites is 2. The molecule has 0 saturated carbocycles. The number of benzene rings is 1. The van der Waals surface area contributed by atoms with Crippen LogP contribution in [-0.4, -0.2) is 30.5 Å². The Morgan fingerprint density at radius 1 is 1.38 bits per heavy atom. The van der Waals surface area contributed by atoms with Crippen LogP contribution in [0.25, 0.3) is 0 Å². The lowest BCUT2D eigenvalue weighted by molar-refractivity contribution is -0.173. The average molecular weight is 362 g/mol. The molecule has 0 radical (unpaired) electrons. The van der Waals surface area contributed by atoms with Crippen molar-refractivity contribution in [1.29, 1.82) is 0 Å². The highest BCUT2D eigenvalue weighted by Crippen LogP contribution is 2.37. The first-order chi connectivity index (χ1) is 12.5. The van der Waals surface area contributed by atoms with Gasteiger partial charge >= 0.3 is 0 Å². The molecule has 0 aromatic heterocycles. The lowest BCUT2D eigenvalue weighted by Crippen LogP contribution is -2.40. The van der Waals surface area contributed by atoms with Gasteiger partial charge in [0.1, 0.15) is 0 Å². The van der Waals surface area contributed by atoms with E-state index >= 15 is 0 Å². The Morgan fingerprint density at radius 3 is 2.73 bits per heavy atom. The van der Waals surface area contributed by atoms with Gasteiger partial charge in [0.15, 0.2) is 5.76 Å². The molecule has 1 heterocycles. The van der Waals surface area contributed by atoms with Crippen LogP contribution < -0.4 is 11.1 Å². The molecule has 1 aliphatic rings. The Labute approximate surface area is 155 Å². The van der Waals surface area contributed by atoms with E-state index < -0.39 is 6.29 Å². The van der Waals surface area contributed by atoms with Crippen molar-refractivity contribution in [1.82, 2.24) is 0 Å². The SMILES string of the molecule is CCOC1OC(C(=O)Nc2ccccc2N)=CC(C(C)C)C1CCCO. The molecule has 3 unspecified atom stereocenters. The number of nitrogens with one attached hydrogen (secondary N) is 1. The van der Waals surface area contributed by atoms with Crippen molar-refractivity contribution in [2.75, 3.05) is 24.3 Å². The van der Waals surface area contributed by atoms with Crippen LogP contribution in [0.1, 0.15) is 33.6 Å². The Balaban J connectivity index is 2.23. The molecule has 1 aromatic rings. The van der Waals surface area contributed by atoms with Gasteiger partial charge in [0.05, 0.1) is 11.4 Å². The summed E-state index contributed by atoms with van der Waals surface area (Å²) in [5.41, 5.74) is 6.96. The van der Waals surface area contributed by atoms with Gasteiger partial charge in [-0.25, -0.2) is 0 Å². The molecule has 3 atom stereocenters. The van der Waals surface area contributed by atoms with Crippen LogP contribution in [0.5, 0.6) is 0 Å². The van der Waals surface area contributed by atoms with Gasteiger partial charge in [-0.1, -0.05) is 26.0 Å². The third-order valence-electron chi connectivity index (χ3n) is 4.66. The number of carbonyl (C=O) groups is 1. The Hall–Kier alpha value is -2.05. The maximum absolute atomic E-state index is 12.7. The van der Waals surface area contributed by atoms with E-state index in [9.17, 15) is 9.90 Å². The third kappa shape index (κ3) is 4.99. The highest BCUT2D eigenvalue weighted by Gasteiger charge is 2.38. The number of anilines is 2. The minimum Gasteiger partial charge on any atom is -0.459 e. The number of aliphatic hydroxyl groups excluding tert-OH is 1. The highest BCUT2D eigenvalue weighted by molar-refractivity contribution is 6.04. The van der Waals surface area contributed by atoms with Crippen LogP contribution in [0.15, 0.2) is 36.1 Å². The van der Waals surface area contributed by atoms with Gasteiger partial charge in [-0.15, -0.1) is 0 Å². The molecule has 4 N–H and O–H groups in total. The van der Waals surface area contributed by atoms with Crippen LogP contribution in [-0.2, 0) is 14.3 Å².